The number of rotatable bonds is 3. The smallest absolute Gasteiger partial charge is 0.253 e. The molecule has 8 heteroatoms. The molecule has 4 rings (SSSR count). The van der Waals surface area contributed by atoms with Gasteiger partial charge in [-0.3, -0.25) is 4.79 Å². The summed E-state index contributed by atoms with van der Waals surface area (Å²) in [6, 6.07) is 7.73. The third-order valence-corrected chi connectivity index (χ3v) is 5.13. The highest BCUT2D eigenvalue weighted by molar-refractivity contribution is 5.94. The minimum absolute atomic E-state index is 0.0625. The second-order valence-corrected chi connectivity index (χ2v) is 7.02. The SMILES string of the molecule is Cc1nc(N2CCOCC2)cc(N2CCN(C(=O)c3ccc(F)cc3)CC2)n1. The van der Waals surface area contributed by atoms with Crippen LogP contribution < -0.4 is 9.80 Å². The van der Waals surface area contributed by atoms with E-state index in [1.165, 1.54) is 24.3 Å². The average Bonchev–Trinajstić information content (AvgIpc) is 2.74. The van der Waals surface area contributed by atoms with Crippen LogP contribution in [0.5, 0.6) is 0 Å². The molecule has 1 aromatic carbocycles. The lowest BCUT2D eigenvalue weighted by atomic mass is 10.2. The summed E-state index contributed by atoms with van der Waals surface area (Å²) in [7, 11) is 0. The van der Waals surface area contributed by atoms with E-state index in [1.807, 2.05) is 13.0 Å². The maximum absolute atomic E-state index is 13.1. The third kappa shape index (κ3) is 4.06. The fraction of sp³-hybridized carbons (Fsp3) is 0.450. The first-order chi connectivity index (χ1) is 13.6. The molecule has 3 heterocycles. The van der Waals surface area contributed by atoms with Crippen LogP contribution in [0.1, 0.15) is 16.2 Å². The Labute approximate surface area is 163 Å². The second kappa shape index (κ2) is 8.10. The molecule has 0 saturated carbocycles. The van der Waals surface area contributed by atoms with Crippen LogP contribution in [0.2, 0.25) is 0 Å². The van der Waals surface area contributed by atoms with E-state index in [9.17, 15) is 9.18 Å². The van der Waals surface area contributed by atoms with Gasteiger partial charge in [-0.05, 0) is 31.2 Å². The molecule has 0 unspecified atom stereocenters. The van der Waals surface area contributed by atoms with Gasteiger partial charge in [0.2, 0.25) is 0 Å². The molecule has 2 fully saturated rings. The highest BCUT2D eigenvalue weighted by atomic mass is 19.1. The van der Waals surface area contributed by atoms with Gasteiger partial charge in [0, 0.05) is 50.9 Å². The van der Waals surface area contributed by atoms with Gasteiger partial charge in [0.15, 0.2) is 0 Å². The van der Waals surface area contributed by atoms with Crippen molar-refractivity contribution in [2.45, 2.75) is 6.92 Å². The molecule has 0 atom stereocenters. The van der Waals surface area contributed by atoms with Gasteiger partial charge in [-0.25, -0.2) is 14.4 Å². The molecule has 1 aromatic heterocycles. The molecule has 0 radical (unpaired) electrons. The van der Waals surface area contributed by atoms with Gasteiger partial charge < -0.3 is 19.4 Å². The lowest BCUT2D eigenvalue weighted by molar-refractivity contribution is 0.0746. The molecule has 0 bridgehead atoms. The topological polar surface area (TPSA) is 61.8 Å². The van der Waals surface area contributed by atoms with Crippen LogP contribution in [0, 0.1) is 12.7 Å². The van der Waals surface area contributed by atoms with Crippen molar-refractivity contribution < 1.29 is 13.9 Å². The Kier molecular flexibility index (Phi) is 5.38. The molecule has 2 aliphatic rings. The standard InChI is InChI=1S/C20H24FN5O2/c1-15-22-18(14-19(23-15)25-10-12-28-13-11-25)24-6-8-26(9-7-24)20(27)16-2-4-17(21)5-3-16/h2-5,14H,6-13H2,1H3. The van der Waals surface area contributed by atoms with Crippen LogP contribution in [0.4, 0.5) is 16.0 Å². The van der Waals surface area contributed by atoms with E-state index in [2.05, 4.69) is 19.8 Å². The van der Waals surface area contributed by atoms with Gasteiger partial charge in [0.05, 0.1) is 13.2 Å². The molecule has 2 aliphatic heterocycles. The Bertz CT molecular complexity index is 831. The highest BCUT2D eigenvalue weighted by Gasteiger charge is 2.24. The number of anilines is 2. The fourth-order valence-corrected chi connectivity index (χ4v) is 3.57. The van der Waals surface area contributed by atoms with E-state index in [0.717, 1.165) is 30.5 Å². The van der Waals surface area contributed by atoms with E-state index in [4.69, 9.17) is 4.74 Å². The first-order valence-corrected chi connectivity index (χ1v) is 9.58. The van der Waals surface area contributed by atoms with Crippen molar-refractivity contribution in [1.82, 2.24) is 14.9 Å². The summed E-state index contributed by atoms with van der Waals surface area (Å²) in [6.45, 7) is 7.59. The molecule has 7 nitrogen and oxygen atoms in total. The van der Waals surface area contributed by atoms with Gasteiger partial charge in [-0.1, -0.05) is 0 Å². The zero-order valence-electron chi connectivity index (χ0n) is 16.0. The van der Waals surface area contributed by atoms with Gasteiger partial charge in [0.25, 0.3) is 5.91 Å². The number of ether oxygens (including phenoxy) is 1. The molecule has 1 amide bonds. The van der Waals surface area contributed by atoms with Crippen molar-refractivity contribution in [2.24, 2.45) is 0 Å². The summed E-state index contributed by atoms with van der Waals surface area (Å²) in [6.07, 6.45) is 0. The molecular weight excluding hydrogens is 361 g/mol. The first kappa shape index (κ1) is 18.6. The number of aromatic nitrogens is 2. The zero-order chi connectivity index (χ0) is 19.5. The molecule has 0 N–H and O–H groups in total. The number of nitrogens with zero attached hydrogens (tertiary/aromatic N) is 5. The normalized spacial score (nSPS) is 17.7. The van der Waals surface area contributed by atoms with Crippen molar-refractivity contribution in [1.29, 1.82) is 0 Å². The third-order valence-electron chi connectivity index (χ3n) is 5.13. The lowest BCUT2D eigenvalue weighted by Crippen LogP contribution is -2.49. The molecule has 0 spiro atoms. The number of carbonyl (C=O) groups is 1. The van der Waals surface area contributed by atoms with Crippen LogP contribution >= 0.6 is 0 Å². The number of piperazine rings is 1. The number of morpholine rings is 1. The van der Waals surface area contributed by atoms with E-state index < -0.39 is 0 Å². The van der Waals surface area contributed by atoms with Crippen molar-refractivity contribution in [2.75, 3.05) is 62.3 Å². The number of hydrogen-bond acceptors (Lipinski definition) is 6. The molecular formula is C20H24FN5O2. The Morgan fingerprint density at radius 2 is 1.50 bits per heavy atom. The number of carbonyl (C=O) groups excluding carboxylic acids is 1. The van der Waals surface area contributed by atoms with Crippen LogP contribution in [0.25, 0.3) is 0 Å². The van der Waals surface area contributed by atoms with E-state index in [-0.39, 0.29) is 11.7 Å². The summed E-state index contributed by atoms with van der Waals surface area (Å²) in [5.41, 5.74) is 0.516. The van der Waals surface area contributed by atoms with Gasteiger partial charge >= 0.3 is 0 Å². The van der Waals surface area contributed by atoms with E-state index >= 15 is 0 Å². The minimum atomic E-state index is -0.337. The zero-order valence-corrected chi connectivity index (χ0v) is 16.0. The molecule has 148 valence electrons. The van der Waals surface area contributed by atoms with Gasteiger partial charge in [-0.2, -0.15) is 0 Å². The van der Waals surface area contributed by atoms with Crippen LogP contribution in [-0.2, 0) is 4.74 Å². The monoisotopic (exact) mass is 385 g/mol. The van der Waals surface area contributed by atoms with Crippen molar-refractivity contribution in [3.63, 3.8) is 0 Å². The maximum Gasteiger partial charge on any atom is 0.253 e. The fourth-order valence-electron chi connectivity index (χ4n) is 3.57. The number of halogens is 1. The van der Waals surface area contributed by atoms with Gasteiger partial charge in [0.1, 0.15) is 23.3 Å². The average molecular weight is 385 g/mol. The van der Waals surface area contributed by atoms with Crippen LogP contribution in [0.3, 0.4) is 0 Å². The number of aryl methyl sites for hydroxylation is 1. The second-order valence-electron chi connectivity index (χ2n) is 7.02. The predicted octanol–water partition coefficient (Wildman–Crippen LogP) is 1.72. The Morgan fingerprint density at radius 3 is 2.11 bits per heavy atom. The first-order valence-electron chi connectivity index (χ1n) is 9.58. The summed E-state index contributed by atoms with van der Waals surface area (Å²) < 4.78 is 18.5. The summed E-state index contributed by atoms with van der Waals surface area (Å²) in [5.74, 6) is 2.16. The quantitative estimate of drug-likeness (QED) is 0.802. The van der Waals surface area contributed by atoms with Crippen LogP contribution in [-0.4, -0.2) is 73.3 Å². The lowest BCUT2D eigenvalue weighted by Gasteiger charge is -2.36. The van der Waals surface area contributed by atoms with Crippen molar-refractivity contribution >= 4 is 17.5 Å². The molecule has 0 aliphatic carbocycles. The Morgan fingerprint density at radius 1 is 0.929 bits per heavy atom. The van der Waals surface area contributed by atoms with Crippen LogP contribution in [0.15, 0.2) is 30.3 Å². The van der Waals surface area contributed by atoms with Gasteiger partial charge in [-0.15, -0.1) is 0 Å². The summed E-state index contributed by atoms with van der Waals surface area (Å²) in [4.78, 5) is 28.0. The number of benzene rings is 1. The predicted molar refractivity (Wildman–Crippen MR) is 104 cm³/mol. The van der Waals surface area contributed by atoms with Crippen molar-refractivity contribution in [3.05, 3.63) is 47.5 Å². The van der Waals surface area contributed by atoms with E-state index in [1.54, 1.807) is 4.90 Å². The summed E-state index contributed by atoms with van der Waals surface area (Å²) in [5, 5.41) is 0. The largest absolute Gasteiger partial charge is 0.378 e. The Balaban J connectivity index is 1.42. The number of amides is 1. The highest BCUT2D eigenvalue weighted by Crippen LogP contribution is 2.22. The minimum Gasteiger partial charge on any atom is -0.378 e. The summed E-state index contributed by atoms with van der Waals surface area (Å²) >= 11 is 0. The van der Waals surface area contributed by atoms with Crippen molar-refractivity contribution in [3.8, 4) is 0 Å². The Hall–Kier alpha value is -2.74. The molecule has 2 aromatic rings. The molecule has 2 saturated heterocycles. The molecule has 28 heavy (non-hydrogen) atoms. The van der Waals surface area contributed by atoms with E-state index in [0.29, 0.717) is 45.0 Å². The number of hydrogen-bond donors (Lipinski definition) is 0. The maximum atomic E-state index is 13.1.